The Morgan fingerprint density at radius 1 is 1.32 bits per heavy atom. The van der Waals surface area contributed by atoms with Crippen LogP contribution in [0, 0.1) is 0 Å². The zero-order chi connectivity index (χ0) is 13.9. The number of nitrogens with one attached hydrogen (secondary N) is 1. The van der Waals surface area contributed by atoms with Crippen LogP contribution >= 0.6 is 39.1 Å². The summed E-state index contributed by atoms with van der Waals surface area (Å²) in [7, 11) is 0. The van der Waals surface area contributed by atoms with E-state index in [-0.39, 0.29) is 5.60 Å². The molecule has 0 heterocycles. The third-order valence-corrected chi connectivity index (χ3v) is 5.07. The van der Waals surface area contributed by atoms with Gasteiger partial charge in [0.05, 0.1) is 10.0 Å². The number of hydrogen-bond acceptors (Lipinski definition) is 2. The van der Waals surface area contributed by atoms with Crippen LogP contribution < -0.4 is 10.1 Å². The molecule has 0 aromatic heterocycles. The van der Waals surface area contributed by atoms with E-state index in [1.54, 1.807) is 12.1 Å². The van der Waals surface area contributed by atoms with Gasteiger partial charge < -0.3 is 10.1 Å². The molecule has 0 radical (unpaired) electrons. The lowest BCUT2D eigenvalue weighted by atomic mass is 9.77. The standard InChI is InChI=1S/C14H18BrCl2NO/c1-2-18-7-6-14(4-3-5-14)19-13-9-11(16)10(15)8-12(13)17/h8-9,18H,2-7H2,1H3. The lowest BCUT2D eigenvalue weighted by Gasteiger charge is -2.42. The molecule has 0 aliphatic heterocycles. The van der Waals surface area contributed by atoms with Crippen molar-refractivity contribution in [2.45, 2.75) is 38.2 Å². The highest BCUT2D eigenvalue weighted by Gasteiger charge is 2.39. The molecule has 2 rings (SSSR count). The lowest BCUT2D eigenvalue weighted by molar-refractivity contribution is -0.0140. The van der Waals surface area contributed by atoms with E-state index in [0.29, 0.717) is 15.8 Å². The van der Waals surface area contributed by atoms with Gasteiger partial charge in [-0.2, -0.15) is 0 Å². The first kappa shape index (κ1) is 15.4. The zero-order valence-electron chi connectivity index (χ0n) is 10.9. The Morgan fingerprint density at radius 3 is 2.63 bits per heavy atom. The van der Waals surface area contributed by atoms with Crippen LogP contribution in [0.25, 0.3) is 0 Å². The zero-order valence-corrected chi connectivity index (χ0v) is 14.0. The first-order valence-corrected chi connectivity index (χ1v) is 8.15. The van der Waals surface area contributed by atoms with E-state index in [9.17, 15) is 0 Å². The van der Waals surface area contributed by atoms with Crippen molar-refractivity contribution in [3.05, 3.63) is 26.7 Å². The number of halogens is 3. The molecule has 2 nitrogen and oxygen atoms in total. The minimum absolute atomic E-state index is 0.0665. The van der Waals surface area contributed by atoms with Gasteiger partial charge in [0.1, 0.15) is 11.4 Å². The van der Waals surface area contributed by atoms with Crippen molar-refractivity contribution in [3.63, 3.8) is 0 Å². The average molecular weight is 367 g/mol. The van der Waals surface area contributed by atoms with E-state index in [4.69, 9.17) is 27.9 Å². The SMILES string of the molecule is CCNCCC1(Oc2cc(Cl)c(Br)cc2Cl)CCC1. The van der Waals surface area contributed by atoms with Crippen molar-refractivity contribution in [2.24, 2.45) is 0 Å². The Labute approximate surface area is 132 Å². The molecular formula is C14H18BrCl2NO. The maximum Gasteiger partial charge on any atom is 0.140 e. The molecule has 1 aromatic carbocycles. The van der Waals surface area contributed by atoms with Crippen molar-refractivity contribution in [1.29, 1.82) is 0 Å². The van der Waals surface area contributed by atoms with Crippen molar-refractivity contribution >= 4 is 39.1 Å². The maximum atomic E-state index is 6.22. The molecule has 1 saturated carbocycles. The van der Waals surface area contributed by atoms with Gasteiger partial charge in [-0.3, -0.25) is 0 Å². The first-order chi connectivity index (χ1) is 9.06. The predicted octanol–water partition coefficient (Wildman–Crippen LogP) is 5.06. The summed E-state index contributed by atoms with van der Waals surface area (Å²) >= 11 is 15.7. The topological polar surface area (TPSA) is 21.3 Å². The summed E-state index contributed by atoms with van der Waals surface area (Å²) in [6.45, 7) is 4.07. The molecule has 1 aliphatic rings. The van der Waals surface area contributed by atoms with Crippen LogP contribution in [-0.2, 0) is 0 Å². The van der Waals surface area contributed by atoms with E-state index < -0.39 is 0 Å². The summed E-state index contributed by atoms with van der Waals surface area (Å²) in [5.41, 5.74) is -0.0665. The molecular weight excluding hydrogens is 349 g/mol. The van der Waals surface area contributed by atoms with Crippen molar-refractivity contribution in [3.8, 4) is 5.75 Å². The van der Waals surface area contributed by atoms with Crippen LogP contribution in [0.2, 0.25) is 10.0 Å². The number of benzene rings is 1. The molecule has 5 heteroatoms. The van der Waals surface area contributed by atoms with Crippen LogP contribution in [0.3, 0.4) is 0 Å². The van der Waals surface area contributed by atoms with Gasteiger partial charge in [0.25, 0.3) is 0 Å². The molecule has 1 fully saturated rings. The minimum Gasteiger partial charge on any atom is -0.486 e. The molecule has 0 atom stereocenters. The Hall–Kier alpha value is 0.0400. The predicted molar refractivity (Wildman–Crippen MR) is 84.5 cm³/mol. The molecule has 106 valence electrons. The second kappa shape index (κ2) is 6.66. The van der Waals surface area contributed by atoms with Gasteiger partial charge in [0, 0.05) is 10.5 Å². The second-order valence-corrected chi connectivity index (χ2v) is 6.61. The highest BCUT2D eigenvalue weighted by molar-refractivity contribution is 9.10. The fourth-order valence-corrected chi connectivity index (χ4v) is 3.11. The molecule has 0 spiro atoms. The third-order valence-electron chi connectivity index (χ3n) is 3.57. The first-order valence-electron chi connectivity index (χ1n) is 6.60. The number of ether oxygens (including phenoxy) is 1. The summed E-state index contributed by atoms with van der Waals surface area (Å²) < 4.78 is 6.97. The molecule has 1 aromatic rings. The summed E-state index contributed by atoms with van der Waals surface area (Å²) in [6, 6.07) is 3.58. The molecule has 0 saturated heterocycles. The molecule has 0 amide bonds. The van der Waals surface area contributed by atoms with Crippen LogP contribution in [0.5, 0.6) is 5.75 Å². The summed E-state index contributed by atoms with van der Waals surface area (Å²) in [6.07, 6.45) is 4.39. The lowest BCUT2D eigenvalue weighted by Crippen LogP contribution is -2.45. The van der Waals surface area contributed by atoms with E-state index >= 15 is 0 Å². The monoisotopic (exact) mass is 365 g/mol. The quantitative estimate of drug-likeness (QED) is 0.561. The Bertz CT molecular complexity index is 449. The minimum atomic E-state index is -0.0665. The van der Waals surface area contributed by atoms with Crippen LogP contribution in [0.4, 0.5) is 0 Å². The summed E-state index contributed by atoms with van der Waals surface area (Å²) in [5.74, 6) is 0.686. The molecule has 0 bridgehead atoms. The summed E-state index contributed by atoms with van der Waals surface area (Å²) in [4.78, 5) is 0. The molecule has 1 aliphatic carbocycles. The highest BCUT2D eigenvalue weighted by atomic mass is 79.9. The Morgan fingerprint density at radius 2 is 2.05 bits per heavy atom. The van der Waals surface area contributed by atoms with Gasteiger partial charge in [-0.25, -0.2) is 0 Å². The average Bonchev–Trinajstić information content (AvgIpc) is 2.32. The maximum absolute atomic E-state index is 6.22. The second-order valence-electron chi connectivity index (χ2n) is 4.94. The normalized spacial score (nSPS) is 17.1. The van der Waals surface area contributed by atoms with Crippen LogP contribution in [-0.4, -0.2) is 18.7 Å². The van der Waals surface area contributed by atoms with Gasteiger partial charge in [0.2, 0.25) is 0 Å². The van der Waals surface area contributed by atoms with E-state index in [2.05, 4.69) is 28.2 Å². The highest BCUT2D eigenvalue weighted by Crippen LogP contribution is 2.43. The largest absolute Gasteiger partial charge is 0.486 e. The van der Waals surface area contributed by atoms with E-state index in [1.807, 2.05) is 0 Å². The summed E-state index contributed by atoms with van der Waals surface area (Å²) in [5, 5.41) is 4.57. The van der Waals surface area contributed by atoms with Gasteiger partial charge in [-0.1, -0.05) is 30.1 Å². The smallest absolute Gasteiger partial charge is 0.140 e. The van der Waals surface area contributed by atoms with E-state index in [0.717, 1.165) is 36.8 Å². The van der Waals surface area contributed by atoms with Crippen molar-refractivity contribution in [1.82, 2.24) is 5.32 Å². The number of hydrogen-bond donors (Lipinski definition) is 1. The van der Waals surface area contributed by atoms with Gasteiger partial charge in [-0.05, 0) is 60.8 Å². The van der Waals surface area contributed by atoms with Crippen LogP contribution in [0.1, 0.15) is 32.6 Å². The Balaban J connectivity index is 2.08. The fourth-order valence-electron chi connectivity index (χ4n) is 2.28. The van der Waals surface area contributed by atoms with E-state index in [1.165, 1.54) is 6.42 Å². The van der Waals surface area contributed by atoms with Gasteiger partial charge >= 0.3 is 0 Å². The molecule has 19 heavy (non-hydrogen) atoms. The molecule has 0 unspecified atom stereocenters. The Kier molecular flexibility index (Phi) is 5.41. The van der Waals surface area contributed by atoms with Crippen LogP contribution in [0.15, 0.2) is 16.6 Å². The van der Waals surface area contributed by atoms with Crippen molar-refractivity contribution in [2.75, 3.05) is 13.1 Å². The fraction of sp³-hybridized carbons (Fsp3) is 0.571. The van der Waals surface area contributed by atoms with Gasteiger partial charge in [-0.15, -0.1) is 0 Å². The third kappa shape index (κ3) is 3.78. The van der Waals surface area contributed by atoms with Gasteiger partial charge in [0.15, 0.2) is 0 Å². The van der Waals surface area contributed by atoms with Crippen molar-refractivity contribution < 1.29 is 4.74 Å². The molecule has 1 N–H and O–H groups in total. The number of rotatable bonds is 6.